The molecule has 1 amide bonds. The van der Waals surface area contributed by atoms with E-state index in [4.69, 9.17) is 0 Å². The summed E-state index contributed by atoms with van der Waals surface area (Å²) in [6.45, 7) is 2.12. The predicted octanol–water partition coefficient (Wildman–Crippen LogP) is 0.321. The first-order valence-electron chi connectivity index (χ1n) is 3.18. The van der Waals surface area contributed by atoms with E-state index in [0.717, 1.165) is 6.42 Å². The number of hydrogen-bond donors (Lipinski definition) is 0. The van der Waals surface area contributed by atoms with Gasteiger partial charge in [-0.05, 0) is 6.42 Å². The van der Waals surface area contributed by atoms with Gasteiger partial charge in [-0.2, -0.15) is 0 Å². The van der Waals surface area contributed by atoms with Crippen molar-refractivity contribution in [1.82, 2.24) is 4.90 Å². The number of rotatable bonds is 2. The summed E-state index contributed by atoms with van der Waals surface area (Å²) in [5.74, 6) is -0.0374. The third kappa shape index (κ3) is 1.07. The quantitative estimate of drug-likeness (QED) is 0.517. The molecule has 0 aromatic carbocycles. The summed E-state index contributed by atoms with van der Waals surface area (Å²) < 4.78 is 0. The standard InChI is InChI=1S/C7H9NO2/c1-6(10)7-3-2-4-8(7)5-9/h3,5H,2,4H2,1H3. The van der Waals surface area contributed by atoms with Gasteiger partial charge in [-0.15, -0.1) is 0 Å². The second-order valence-electron chi connectivity index (χ2n) is 2.23. The van der Waals surface area contributed by atoms with Crippen LogP contribution in [0, 0.1) is 0 Å². The topological polar surface area (TPSA) is 37.4 Å². The van der Waals surface area contributed by atoms with Crippen molar-refractivity contribution in [2.45, 2.75) is 13.3 Å². The molecular formula is C7H9NO2. The number of Topliss-reactive ketones (excluding diaryl/α,β-unsaturated/α-hetero) is 1. The molecule has 54 valence electrons. The lowest BCUT2D eigenvalue weighted by Crippen LogP contribution is -2.21. The number of ketones is 1. The zero-order valence-corrected chi connectivity index (χ0v) is 5.83. The zero-order valence-electron chi connectivity index (χ0n) is 5.83. The number of carbonyl (C=O) groups excluding carboxylic acids is 2. The van der Waals surface area contributed by atoms with Crippen LogP contribution in [0.2, 0.25) is 0 Å². The minimum atomic E-state index is -0.0374. The molecule has 3 heteroatoms. The Balaban J connectivity index is 2.74. The Morgan fingerprint density at radius 2 is 2.50 bits per heavy atom. The SMILES string of the molecule is CC(=O)C1=CCCN1C=O. The van der Waals surface area contributed by atoms with Gasteiger partial charge in [0.15, 0.2) is 5.78 Å². The molecule has 10 heavy (non-hydrogen) atoms. The number of carbonyl (C=O) groups is 2. The van der Waals surface area contributed by atoms with Crippen LogP contribution in [0.4, 0.5) is 0 Å². The number of allylic oxidation sites excluding steroid dienone is 1. The van der Waals surface area contributed by atoms with Crippen molar-refractivity contribution in [2.24, 2.45) is 0 Å². The van der Waals surface area contributed by atoms with E-state index in [-0.39, 0.29) is 5.78 Å². The van der Waals surface area contributed by atoms with Crippen LogP contribution in [0.25, 0.3) is 0 Å². The molecule has 1 aliphatic heterocycles. The molecule has 1 aliphatic rings. The fourth-order valence-electron chi connectivity index (χ4n) is 1.03. The van der Waals surface area contributed by atoms with E-state index in [1.54, 1.807) is 6.08 Å². The molecule has 0 aromatic heterocycles. The number of hydrogen-bond acceptors (Lipinski definition) is 2. The van der Waals surface area contributed by atoms with Gasteiger partial charge in [-0.1, -0.05) is 6.08 Å². The Morgan fingerprint density at radius 3 is 2.90 bits per heavy atom. The lowest BCUT2D eigenvalue weighted by Gasteiger charge is -2.10. The van der Waals surface area contributed by atoms with Crippen molar-refractivity contribution in [3.63, 3.8) is 0 Å². The van der Waals surface area contributed by atoms with Crippen LogP contribution in [0.5, 0.6) is 0 Å². The minimum absolute atomic E-state index is 0.0374. The van der Waals surface area contributed by atoms with Gasteiger partial charge in [0.25, 0.3) is 0 Å². The normalized spacial score (nSPS) is 16.9. The van der Waals surface area contributed by atoms with E-state index in [9.17, 15) is 9.59 Å². The first-order chi connectivity index (χ1) is 4.75. The van der Waals surface area contributed by atoms with Crippen LogP contribution in [0.15, 0.2) is 11.8 Å². The molecule has 0 spiro atoms. The van der Waals surface area contributed by atoms with Crippen LogP contribution in [-0.4, -0.2) is 23.6 Å². The molecular weight excluding hydrogens is 130 g/mol. The number of amides is 1. The molecule has 1 heterocycles. The molecule has 0 fully saturated rings. The zero-order chi connectivity index (χ0) is 7.56. The lowest BCUT2D eigenvalue weighted by molar-refractivity contribution is -0.121. The Kier molecular flexibility index (Phi) is 1.85. The second-order valence-corrected chi connectivity index (χ2v) is 2.23. The summed E-state index contributed by atoms with van der Waals surface area (Å²) in [6.07, 6.45) is 3.28. The molecule has 0 bridgehead atoms. The van der Waals surface area contributed by atoms with Crippen LogP contribution in [0.3, 0.4) is 0 Å². The molecule has 0 saturated carbocycles. The molecule has 0 radical (unpaired) electrons. The Morgan fingerprint density at radius 1 is 1.80 bits per heavy atom. The van der Waals surface area contributed by atoms with Gasteiger partial charge in [0.2, 0.25) is 6.41 Å². The number of nitrogens with zero attached hydrogens (tertiary/aromatic N) is 1. The average Bonchev–Trinajstić information content (AvgIpc) is 2.33. The summed E-state index contributed by atoms with van der Waals surface area (Å²) >= 11 is 0. The summed E-state index contributed by atoms with van der Waals surface area (Å²) in [5.41, 5.74) is 0.537. The van der Waals surface area contributed by atoms with Crippen molar-refractivity contribution >= 4 is 12.2 Å². The molecule has 0 N–H and O–H groups in total. The second kappa shape index (κ2) is 2.64. The van der Waals surface area contributed by atoms with E-state index in [2.05, 4.69) is 0 Å². The van der Waals surface area contributed by atoms with Crippen molar-refractivity contribution in [3.05, 3.63) is 11.8 Å². The highest BCUT2D eigenvalue weighted by Crippen LogP contribution is 2.12. The molecule has 3 nitrogen and oxygen atoms in total. The Labute approximate surface area is 59.3 Å². The fourth-order valence-corrected chi connectivity index (χ4v) is 1.03. The maximum absolute atomic E-state index is 10.7. The van der Waals surface area contributed by atoms with Crippen molar-refractivity contribution in [1.29, 1.82) is 0 Å². The first-order valence-corrected chi connectivity index (χ1v) is 3.18. The summed E-state index contributed by atoms with van der Waals surface area (Å²) in [7, 11) is 0. The highest BCUT2D eigenvalue weighted by molar-refractivity contribution is 5.95. The first kappa shape index (κ1) is 6.99. The Hall–Kier alpha value is -1.12. The van der Waals surface area contributed by atoms with Crippen molar-refractivity contribution < 1.29 is 9.59 Å². The van der Waals surface area contributed by atoms with Crippen LogP contribution >= 0.6 is 0 Å². The van der Waals surface area contributed by atoms with Crippen molar-refractivity contribution in [3.8, 4) is 0 Å². The summed E-state index contributed by atoms with van der Waals surface area (Å²) in [4.78, 5) is 22.4. The van der Waals surface area contributed by atoms with Gasteiger partial charge in [-0.3, -0.25) is 9.59 Å². The molecule has 1 rings (SSSR count). The van der Waals surface area contributed by atoms with Gasteiger partial charge < -0.3 is 4.90 Å². The van der Waals surface area contributed by atoms with E-state index in [1.807, 2.05) is 0 Å². The van der Waals surface area contributed by atoms with Gasteiger partial charge >= 0.3 is 0 Å². The maximum atomic E-state index is 10.7. The smallest absolute Gasteiger partial charge is 0.214 e. The molecule has 0 unspecified atom stereocenters. The summed E-state index contributed by atoms with van der Waals surface area (Å²) in [5, 5.41) is 0. The van der Waals surface area contributed by atoms with E-state index >= 15 is 0 Å². The van der Waals surface area contributed by atoms with Gasteiger partial charge in [0, 0.05) is 13.5 Å². The van der Waals surface area contributed by atoms with Gasteiger partial charge in [0.1, 0.15) is 0 Å². The maximum Gasteiger partial charge on any atom is 0.214 e. The predicted molar refractivity (Wildman–Crippen MR) is 36.2 cm³/mol. The highest BCUT2D eigenvalue weighted by Gasteiger charge is 2.16. The average molecular weight is 139 g/mol. The van der Waals surface area contributed by atoms with E-state index < -0.39 is 0 Å². The third-order valence-electron chi connectivity index (χ3n) is 1.51. The fraction of sp³-hybridized carbons (Fsp3) is 0.429. The molecule has 0 saturated heterocycles. The summed E-state index contributed by atoms with van der Waals surface area (Å²) in [6, 6.07) is 0. The van der Waals surface area contributed by atoms with Crippen LogP contribution < -0.4 is 0 Å². The third-order valence-corrected chi connectivity index (χ3v) is 1.51. The molecule has 0 atom stereocenters. The van der Waals surface area contributed by atoms with Crippen LogP contribution in [0.1, 0.15) is 13.3 Å². The van der Waals surface area contributed by atoms with E-state index in [1.165, 1.54) is 11.8 Å². The monoisotopic (exact) mass is 139 g/mol. The molecule has 0 aromatic rings. The van der Waals surface area contributed by atoms with E-state index in [0.29, 0.717) is 18.7 Å². The highest BCUT2D eigenvalue weighted by atomic mass is 16.1. The minimum Gasteiger partial charge on any atom is -0.312 e. The lowest BCUT2D eigenvalue weighted by atomic mass is 10.3. The van der Waals surface area contributed by atoms with Crippen molar-refractivity contribution in [2.75, 3.05) is 6.54 Å². The van der Waals surface area contributed by atoms with Crippen LogP contribution in [-0.2, 0) is 9.59 Å². The van der Waals surface area contributed by atoms with Gasteiger partial charge in [0.05, 0.1) is 5.70 Å². The Bertz CT molecular complexity index is 196. The largest absolute Gasteiger partial charge is 0.312 e. The molecule has 0 aliphatic carbocycles. The van der Waals surface area contributed by atoms with Gasteiger partial charge in [-0.25, -0.2) is 0 Å².